The minimum absolute atomic E-state index is 0.301. The first kappa shape index (κ1) is 20.8. The van der Waals surface area contributed by atoms with Gasteiger partial charge in [-0.05, 0) is 30.2 Å². The number of aromatic nitrogens is 2. The van der Waals surface area contributed by atoms with Crippen LogP contribution in [0.2, 0.25) is 0 Å². The Labute approximate surface area is 178 Å². The topological polar surface area (TPSA) is 127 Å². The maximum absolute atomic E-state index is 11.7. The first-order chi connectivity index (χ1) is 15.0. The second-order valence-electron chi connectivity index (χ2n) is 7.61. The standard InChI is InChI=1S/C22H23N5O4/c1-26-18-9-14(4-6-19(18)31-22(26)29)15-3-5-16(25-12-15)10-17(11-23)27-7-2-8-30-20(13-27)21(24)28/h3-6,9,12,17,20H,2,7-8,10,13H2,1H3,(H2,24,28)/t17-,20-/m0/s1. The zero-order valence-electron chi connectivity index (χ0n) is 17.2. The zero-order chi connectivity index (χ0) is 22.0. The lowest BCUT2D eigenvalue weighted by Gasteiger charge is -2.26. The predicted molar refractivity (Wildman–Crippen MR) is 113 cm³/mol. The summed E-state index contributed by atoms with van der Waals surface area (Å²) < 4.78 is 12.1. The summed E-state index contributed by atoms with van der Waals surface area (Å²) in [7, 11) is 1.66. The number of amides is 1. The van der Waals surface area contributed by atoms with Gasteiger partial charge in [-0.1, -0.05) is 12.1 Å². The Balaban J connectivity index is 1.51. The second kappa shape index (κ2) is 8.71. The largest absolute Gasteiger partial charge is 0.419 e. The molecule has 1 fully saturated rings. The van der Waals surface area contributed by atoms with Gasteiger partial charge >= 0.3 is 5.76 Å². The molecule has 1 aromatic carbocycles. The molecule has 0 unspecified atom stereocenters. The smallest absolute Gasteiger partial charge is 0.408 e. The van der Waals surface area contributed by atoms with E-state index in [-0.39, 0.29) is 0 Å². The number of nitriles is 1. The van der Waals surface area contributed by atoms with Crippen LogP contribution in [0.3, 0.4) is 0 Å². The number of hydrogen-bond acceptors (Lipinski definition) is 7. The number of carbonyl (C=O) groups excluding carboxylic acids is 1. The minimum Gasteiger partial charge on any atom is -0.408 e. The number of nitrogens with zero attached hydrogens (tertiary/aromatic N) is 4. The normalized spacial score (nSPS) is 18.4. The van der Waals surface area contributed by atoms with E-state index in [1.54, 1.807) is 19.3 Å². The highest BCUT2D eigenvalue weighted by Crippen LogP contribution is 2.24. The van der Waals surface area contributed by atoms with Gasteiger partial charge in [-0.2, -0.15) is 5.26 Å². The van der Waals surface area contributed by atoms with E-state index >= 15 is 0 Å². The number of benzene rings is 1. The molecule has 0 saturated carbocycles. The van der Waals surface area contributed by atoms with Crippen molar-refractivity contribution in [1.82, 2.24) is 14.5 Å². The van der Waals surface area contributed by atoms with E-state index in [1.165, 1.54) is 4.57 Å². The van der Waals surface area contributed by atoms with E-state index in [4.69, 9.17) is 14.9 Å². The van der Waals surface area contributed by atoms with E-state index in [9.17, 15) is 14.9 Å². The number of fused-ring (bicyclic) bond motifs is 1. The molecular formula is C22H23N5O4. The van der Waals surface area contributed by atoms with E-state index in [2.05, 4.69) is 11.1 Å². The van der Waals surface area contributed by atoms with Crippen molar-refractivity contribution in [1.29, 1.82) is 5.26 Å². The lowest BCUT2D eigenvalue weighted by Crippen LogP contribution is -2.45. The molecule has 1 aliphatic rings. The van der Waals surface area contributed by atoms with Gasteiger partial charge < -0.3 is 14.9 Å². The van der Waals surface area contributed by atoms with Crippen molar-refractivity contribution in [3.8, 4) is 17.2 Å². The van der Waals surface area contributed by atoms with Crippen LogP contribution in [0.1, 0.15) is 12.1 Å². The van der Waals surface area contributed by atoms with Gasteiger partial charge in [0.1, 0.15) is 12.1 Å². The van der Waals surface area contributed by atoms with Crippen molar-refractivity contribution in [2.24, 2.45) is 12.8 Å². The number of carbonyl (C=O) groups is 1. The lowest BCUT2D eigenvalue weighted by atomic mass is 10.0. The molecule has 0 spiro atoms. The van der Waals surface area contributed by atoms with Gasteiger partial charge in [-0.15, -0.1) is 0 Å². The highest BCUT2D eigenvalue weighted by molar-refractivity contribution is 5.80. The molecule has 2 aromatic heterocycles. The summed E-state index contributed by atoms with van der Waals surface area (Å²) >= 11 is 0. The summed E-state index contributed by atoms with van der Waals surface area (Å²) in [6.45, 7) is 1.40. The summed E-state index contributed by atoms with van der Waals surface area (Å²) in [5.41, 5.74) is 9.22. The Bertz CT molecular complexity index is 1190. The van der Waals surface area contributed by atoms with Crippen molar-refractivity contribution >= 4 is 17.0 Å². The Morgan fingerprint density at radius 1 is 1.35 bits per heavy atom. The minimum atomic E-state index is -0.706. The van der Waals surface area contributed by atoms with Crippen LogP contribution in [-0.2, 0) is 23.0 Å². The number of hydrogen-bond donors (Lipinski definition) is 1. The zero-order valence-corrected chi connectivity index (χ0v) is 17.2. The average Bonchev–Trinajstić information content (AvgIpc) is 2.94. The van der Waals surface area contributed by atoms with Gasteiger partial charge in [-0.25, -0.2) is 4.79 Å². The molecule has 0 aliphatic carbocycles. The van der Waals surface area contributed by atoms with Crippen molar-refractivity contribution in [3.05, 3.63) is 52.8 Å². The quantitative estimate of drug-likeness (QED) is 0.656. The summed E-state index contributed by atoms with van der Waals surface area (Å²) in [4.78, 5) is 29.7. The van der Waals surface area contributed by atoms with Crippen molar-refractivity contribution in [3.63, 3.8) is 0 Å². The average molecular weight is 421 g/mol. The number of rotatable bonds is 5. The highest BCUT2D eigenvalue weighted by Gasteiger charge is 2.28. The van der Waals surface area contributed by atoms with Gasteiger partial charge in [0, 0.05) is 50.6 Å². The maximum atomic E-state index is 11.7. The number of primary amides is 1. The number of oxazole rings is 1. The van der Waals surface area contributed by atoms with Crippen LogP contribution in [-0.4, -0.2) is 52.2 Å². The monoisotopic (exact) mass is 421 g/mol. The van der Waals surface area contributed by atoms with Gasteiger partial charge in [0.2, 0.25) is 5.91 Å². The molecule has 9 heteroatoms. The predicted octanol–water partition coefficient (Wildman–Crippen LogP) is 1.20. The molecule has 3 aromatic rings. The van der Waals surface area contributed by atoms with Crippen LogP contribution >= 0.6 is 0 Å². The van der Waals surface area contributed by atoms with Crippen LogP contribution < -0.4 is 11.5 Å². The molecule has 1 aliphatic heterocycles. The highest BCUT2D eigenvalue weighted by atomic mass is 16.5. The number of aryl methyl sites for hydroxylation is 1. The molecule has 1 saturated heterocycles. The summed E-state index contributed by atoms with van der Waals surface area (Å²) in [6.07, 6.45) is 2.20. The fourth-order valence-corrected chi connectivity index (χ4v) is 3.78. The van der Waals surface area contributed by atoms with Gasteiger partial charge in [0.25, 0.3) is 0 Å². The summed E-state index contributed by atoms with van der Waals surface area (Å²) in [5.74, 6) is -0.918. The molecule has 2 atom stereocenters. The number of ether oxygens (including phenoxy) is 1. The third-order valence-electron chi connectivity index (χ3n) is 5.57. The van der Waals surface area contributed by atoms with Crippen molar-refractivity contribution in [2.75, 3.05) is 19.7 Å². The van der Waals surface area contributed by atoms with E-state index in [0.717, 1.165) is 23.2 Å². The van der Waals surface area contributed by atoms with Crippen molar-refractivity contribution in [2.45, 2.75) is 25.0 Å². The summed E-state index contributed by atoms with van der Waals surface area (Å²) in [5, 5.41) is 9.70. The van der Waals surface area contributed by atoms with E-state index < -0.39 is 23.8 Å². The number of pyridine rings is 1. The van der Waals surface area contributed by atoms with E-state index in [1.807, 2.05) is 29.2 Å². The summed E-state index contributed by atoms with van der Waals surface area (Å²) in [6, 6.07) is 11.2. The van der Waals surface area contributed by atoms with Crippen LogP contribution in [0, 0.1) is 11.3 Å². The molecule has 160 valence electrons. The third kappa shape index (κ3) is 4.35. The molecule has 1 amide bonds. The lowest BCUT2D eigenvalue weighted by molar-refractivity contribution is -0.129. The third-order valence-corrected chi connectivity index (χ3v) is 5.57. The second-order valence-corrected chi connectivity index (χ2v) is 7.61. The van der Waals surface area contributed by atoms with Crippen LogP contribution in [0.25, 0.3) is 22.2 Å². The molecular weight excluding hydrogens is 398 g/mol. The SMILES string of the molecule is Cn1c(=O)oc2ccc(-c3ccc(C[C@@H](C#N)N4CCCO[C@H](C(N)=O)C4)nc3)cc21. The van der Waals surface area contributed by atoms with Gasteiger partial charge in [0.05, 0.1) is 11.6 Å². The molecule has 0 bridgehead atoms. The molecule has 31 heavy (non-hydrogen) atoms. The van der Waals surface area contributed by atoms with Gasteiger partial charge in [0.15, 0.2) is 5.58 Å². The Morgan fingerprint density at radius 3 is 2.87 bits per heavy atom. The first-order valence-corrected chi connectivity index (χ1v) is 10.1. The van der Waals surface area contributed by atoms with Crippen LogP contribution in [0.4, 0.5) is 0 Å². The Morgan fingerprint density at radius 2 is 2.16 bits per heavy atom. The molecule has 9 nitrogen and oxygen atoms in total. The fraction of sp³-hybridized carbons (Fsp3) is 0.364. The van der Waals surface area contributed by atoms with Crippen molar-refractivity contribution < 1.29 is 13.9 Å². The Hall–Kier alpha value is -3.48. The van der Waals surface area contributed by atoms with Crippen LogP contribution in [0.15, 0.2) is 45.7 Å². The first-order valence-electron chi connectivity index (χ1n) is 10.1. The maximum Gasteiger partial charge on any atom is 0.419 e. The number of nitrogens with two attached hydrogens (primary N) is 1. The molecule has 4 rings (SSSR count). The fourth-order valence-electron chi connectivity index (χ4n) is 3.78. The molecule has 0 radical (unpaired) electrons. The molecule has 3 heterocycles. The molecule has 2 N–H and O–H groups in total. The van der Waals surface area contributed by atoms with Crippen LogP contribution in [0.5, 0.6) is 0 Å². The Kier molecular flexibility index (Phi) is 5.84. The van der Waals surface area contributed by atoms with E-state index in [0.29, 0.717) is 37.2 Å². The van der Waals surface area contributed by atoms with Gasteiger partial charge in [-0.3, -0.25) is 19.2 Å².